The van der Waals surface area contributed by atoms with E-state index in [4.69, 9.17) is 15.6 Å². The van der Waals surface area contributed by atoms with Crippen LogP contribution in [-0.4, -0.2) is 51.5 Å². The number of pyridine rings is 1. The number of fused-ring (bicyclic) bond motifs is 1. The average molecular weight is 385 g/mol. The van der Waals surface area contributed by atoms with Crippen LogP contribution in [0.1, 0.15) is 36.6 Å². The topological polar surface area (TPSA) is 69.2 Å². The maximum atomic E-state index is 13.3. The van der Waals surface area contributed by atoms with Crippen molar-refractivity contribution in [2.45, 2.75) is 42.8 Å². The quantitative estimate of drug-likeness (QED) is 0.856. The Balaban J connectivity index is 1.27. The molecule has 3 aliphatic heterocycles. The van der Waals surface area contributed by atoms with Gasteiger partial charge in [0, 0.05) is 35.5 Å². The first kappa shape index (κ1) is 15.8. The lowest BCUT2D eigenvalue weighted by molar-refractivity contribution is -0.0601. The van der Waals surface area contributed by atoms with Crippen molar-refractivity contribution in [3.8, 4) is 11.3 Å². The largest absolute Gasteiger partial charge is 0.383 e. The van der Waals surface area contributed by atoms with Crippen molar-refractivity contribution in [1.29, 1.82) is 0 Å². The fourth-order valence-electron chi connectivity index (χ4n) is 5.90. The van der Waals surface area contributed by atoms with Crippen molar-refractivity contribution < 1.29 is 13.5 Å². The Morgan fingerprint density at radius 1 is 1.21 bits per heavy atom. The summed E-state index contributed by atoms with van der Waals surface area (Å²) in [4.78, 5) is 6.63. The van der Waals surface area contributed by atoms with Gasteiger partial charge in [0.05, 0.1) is 36.6 Å². The minimum absolute atomic E-state index is 0.111. The number of hydrogen-bond donors (Lipinski definition) is 1. The number of nitrogens with two attached hydrogens (primary N) is 1. The van der Waals surface area contributed by atoms with Crippen LogP contribution in [0.5, 0.6) is 0 Å². The molecule has 3 saturated heterocycles. The molecule has 6 aliphatic rings. The van der Waals surface area contributed by atoms with Crippen molar-refractivity contribution >= 4 is 5.82 Å². The molecular formula is C20H21F2N5O. The van der Waals surface area contributed by atoms with E-state index >= 15 is 0 Å². The molecule has 3 saturated carbocycles. The van der Waals surface area contributed by atoms with Gasteiger partial charge in [-0.3, -0.25) is 9.58 Å². The molecule has 2 aromatic rings. The summed E-state index contributed by atoms with van der Waals surface area (Å²) in [6.07, 6.45) is 1.21. The van der Waals surface area contributed by atoms with Crippen LogP contribution >= 0.6 is 0 Å². The van der Waals surface area contributed by atoms with E-state index in [0.29, 0.717) is 23.7 Å². The molecule has 2 aromatic heterocycles. The highest BCUT2D eigenvalue weighted by Gasteiger charge is 2.94. The molecule has 0 radical (unpaired) electrons. The van der Waals surface area contributed by atoms with Crippen molar-refractivity contribution in [3.05, 3.63) is 29.6 Å². The number of alkyl halides is 2. The molecule has 6 fully saturated rings. The monoisotopic (exact) mass is 385 g/mol. The van der Waals surface area contributed by atoms with Crippen LogP contribution < -0.4 is 5.73 Å². The van der Waals surface area contributed by atoms with Crippen LogP contribution in [-0.2, 0) is 10.2 Å². The highest BCUT2D eigenvalue weighted by atomic mass is 19.3. The molecule has 28 heavy (non-hydrogen) atoms. The molecule has 0 aromatic carbocycles. The van der Waals surface area contributed by atoms with Gasteiger partial charge in [0.15, 0.2) is 0 Å². The molecule has 0 amide bonds. The first-order valence-corrected chi connectivity index (χ1v) is 10.1. The normalized spacial score (nSPS) is 35.9. The summed E-state index contributed by atoms with van der Waals surface area (Å²) in [7, 11) is 0. The summed E-state index contributed by atoms with van der Waals surface area (Å²) in [6.45, 7) is 2.87. The van der Waals surface area contributed by atoms with Crippen LogP contribution in [0.3, 0.4) is 0 Å². The fraction of sp³-hybridized carbons (Fsp3) is 0.600. The third-order valence-electron chi connectivity index (χ3n) is 7.62. The molecule has 6 nitrogen and oxygen atoms in total. The van der Waals surface area contributed by atoms with Crippen LogP contribution in [0.25, 0.3) is 11.3 Å². The SMILES string of the molecule is Nc1ncc(-c2cc(C34C5CN(C6COC6)C3C54)n(C3CC3)n2)cc1C(F)F. The lowest BCUT2D eigenvalue weighted by Crippen LogP contribution is -2.48. The molecule has 8 heteroatoms. The first-order valence-electron chi connectivity index (χ1n) is 10.1. The van der Waals surface area contributed by atoms with Gasteiger partial charge >= 0.3 is 0 Å². The number of rotatable bonds is 5. The molecule has 0 spiro atoms. The number of nitrogens with zero attached hydrogens (tertiary/aromatic N) is 4. The van der Waals surface area contributed by atoms with Crippen LogP contribution in [0.4, 0.5) is 14.6 Å². The molecular weight excluding hydrogens is 364 g/mol. The molecule has 5 heterocycles. The Bertz CT molecular complexity index is 994. The van der Waals surface area contributed by atoms with E-state index in [1.54, 1.807) is 6.20 Å². The third-order valence-corrected chi connectivity index (χ3v) is 7.62. The lowest BCUT2D eigenvalue weighted by atomic mass is 10.0. The predicted octanol–water partition coefficient (Wildman–Crippen LogP) is 2.38. The predicted molar refractivity (Wildman–Crippen MR) is 96.9 cm³/mol. The summed E-state index contributed by atoms with van der Waals surface area (Å²) in [5.41, 5.74) is 8.32. The van der Waals surface area contributed by atoms with Crippen molar-refractivity contribution in [1.82, 2.24) is 19.7 Å². The summed E-state index contributed by atoms with van der Waals surface area (Å²) in [5.74, 6) is 1.36. The standard InChI is InChI=1S/C20H21F2N5O/c21-18(22)12-3-9(5-24-19(12)23)14-4-15(27(25-14)10-1-2-10)20-13-6-26(11-7-28-8-11)17(20)16(13)20/h3-5,10-11,13,16-18H,1-2,6-8H2,(H2,23,24). The van der Waals surface area contributed by atoms with E-state index < -0.39 is 6.43 Å². The Morgan fingerprint density at radius 3 is 2.68 bits per heavy atom. The van der Waals surface area contributed by atoms with Gasteiger partial charge < -0.3 is 10.5 Å². The van der Waals surface area contributed by atoms with Gasteiger partial charge in [-0.25, -0.2) is 13.8 Å². The van der Waals surface area contributed by atoms with E-state index in [-0.39, 0.29) is 16.8 Å². The molecule has 2 N–H and O–H groups in total. The number of nitrogen functional groups attached to an aromatic ring is 1. The van der Waals surface area contributed by atoms with Gasteiger partial charge in [0.2, 0.25) is 0 Å². The number of aromatic nitrogens is 3. The van der Waals surface area contributed by atoms with Gasteiger partial charge in [0.1, 0.15) is 5.82 Å². The second kappa shape index (κ2) is 4.91. The highest BCUT2D eigenvalue weighted by molar-refractivity contribution is 5.65. The molecule has 2 bridgehead atoms. The van der Waals surface area contributed by atoms with Gasteiger partial charge in [-0.05, 0) is 36.8 Å². The van der Waals surface area contributed by atoms with E-state index in [2.05, 4.69) is 20.6 Å². The fourth-order valence-corrected chi connectivity index (χ4v) is 5.90. The maximum absolute atomic E-state index is 13.3. The van der Waals surface area contributed by atoms with Crippen molar-refractivity contribution in [2.24, 2.45) is 11.8 Å². The Hall–Kier alpha value is -2.06. The molecule has 146 valence electrons. The first-order chi connectivity index (χ1) is 13.6. The van der Waals surface area contributed by atoms with E-state index in [9.17, 15) is 8.78 Å². The van der Waals surface area contributed by atoms with Gasteiger partial charge in [0.25, 0.3) is 6.43 Å². The Kier molecular flexibility index (Phi) is 2.77. The zero-order valence-corrected chi connectivity index (χ0v) is 15.3. The zero-order chi connectivity index (χ0) is 18.8. The van der Waals surface area contributed by atoms with Gasteiger partial charge in [-0.15, -0.1) is 0 Å². The summed E-state index contributed by atoms with van der Waals surface area (Å²) >= 11 is 0. The van der Waals surface area contributed by atoms with E-state index in [1.807, 2.05) is 0 Å². The minimum Gasteiger partial charge on any atom is -0.383 e. The minimum atomic E-state index is -2.64. The lowest BCUT2D eigenvalue weighted by Gasteiger charge is -2.34. The number of anilines is 1. The number of halogens is 2. The van der Waals surface area contributed by atoms with Crippen molar-refractivity contribution in [2.75, 3.05) is 25.5 Å². The zero-order valence-electron chi connectivity index (χ0n) is 15.3. The van der Waals surface area contributed by atoms with Crippen LogP contribution in [0.2, 0.25) is 0 Å². The molecule has 8 rings (SSSR count). The molecule has 4 unspecified atom stereocenters. The number of ether oxygens (including phenoxy) is 1. The van der Waals surface area contributed by atoms with Crippen molar-refractivity contribution in [3.63, 3.8) is 0 Å². The van der Waals surface area contributed by atoms with Crippen LogP contribution in [0, 0.1) is 11.8 Å². The number of hydrogen-bond acceptors (Lipinski definition) is 5. The van der Waals surface area contributed by atoms with E-state index in [1.165, 1.54) is 11.8 Å². The average Bonchev–Trinajstić information content (AvgIpc) is 3.57. The molecule has 4 atom stereocenters. The summed E-state index contributed by atoms with van der Waals surface area (Å²) < 4.78 is 34.1. The Labute approximate surface area is 160 Å². The Morgan fingerprint density at radius 2 is 2.04 bits per heavy atom. The van der Waals surface area contributed by atoms with Gasteiger partial charge in [-0.1, -0.05) is 0 Å². The highest BCUT2D eigenvalue weighted by Crippen LogP contribution is 2.86. The number of piperidine rings is 1. The third kappa shape index (κ3) is 1.79. The van der Waals surface area contributed by atoms with Crippen LogP contribution in [0.15, 0.2) is 18.3 Å². The maximum Gasteiger partial charge on any atom is 0.267 e. The van der Waals surface area contributed by atoms with Gasteiger partial charge in [-0.2, -0.15) is 5.10 Å². The summed E-state index contributed by atoms with van der Waals surface area (Å²) in [5, 5.41) is 4.85. The smallest absolute Gasteiger partial charge is 0.267 e. The second-order valence-electron chi connectivity index (χ2n) is 8.99. The molecule has 3 aliphatic carbocycles. The van der Waals surface area contributed by atoms with E-state index in [0.717, 1.165) is 50.1 Å². The summed E-state index contributed by atoms with van der Waals surface area (Å²) in [6, 6.07) is 5.23. The second-order valence-corrected chi connectivity index (χ2v) is 8.99.